The summed E-state index contributed by atoms with van der Waals surface area (Å²) in [6, 6.07) is 16.7. The molecule has 2 atom stereocenters. The van der Waals surface area contributed by atoms with E-state index in [0.717, 1.165) is 46.3 Å². The summed E-state index contributed by atoms with van der Waals surface area (Å²) in [4.78, 5) is 31.3. The molecule has 274 valence electrons. The highest BCUT2D eigenvalue weighted by molar-refractivity contribution is 6.04. The zero-order chi connectivity index (χ0) is 37.4. The molecule has 12 heteroatoms. The molecular weight excluding hydrogens is 667 g/mol. The van der Waals surface area contributed by atoms with Crippen LogP contribution in [-0.4, -0.2) is 83.1 Å². The van der Waals surface area contributed by atoms with Crippen molar-refractivity contribution >= 4 is 29.5 Å². The fraction of sp³-hybridized carbons (Fsp3) is 0.325. The molecule has 1 saturated heterocycles. The number of likely N-dealkylation sites (tertiary alicyclic amines) is 1. The van der Waals surface area contributed by atoms with Crippen molar-refractivity contribution in [3.63, 3.8) is 0 Å². The van der Waals surface area contributed by atoms with Gasteiger partial charge >= 0.3 is 5.97 Å². The first-order chi connectivity index (χ1) is 25.0. The molecule has 0 bridgehead atoms. The Kier molecular flexibility index (Phi) is 12.9. The lowest BCUT2D eigenvalue weighted by Crippen LogP contribution is -2.39. The number of aliphatic carboxylic acids is 1. The zero-order valence-electron chi connectivity index (χ0n) is 29.8. The topological polar surface area (TPSA) is 153 Å². The second kappa shape index (κ2) is 17.5. The largest absolute Gasteiger partial charge is 0.496 e. The molecule has 5 rings (SSSR count). The number of hydrogen-bond donors (Lipinski definition) is 5. The highest BCUT2D eigenvalue weighted by atomic mass is 19.1. The number of aliphatic hydroxyl groups is 2. The highest BCUT2D eigenvalue weighted by Crippen LogP contribution is 2.34. The van der Waals surface area contributed by atoms with Gasteiger partial charge in [-0.2, -0.15) is 0 Å². The Hall–Kier alpha value is -4.98. The number of benzene rings is 3. The number of nitrogens with one attached hydrogen (secondary N) is 2. The van der Waals surface area contributed by atoms with Gasteiger partial charge in [-0.25, -0.2) is 4.39 Å². The maximum Gasteiger partial charge on any atom is 0.323 e. The maximum absolute atomic E-state index is 15.7. The summed E-state index contributed by atoms with van der Waals surface area (Å²) >= 11 is 0. The van der Waals surface area contributed by atoms with Crippen molar-refractivity contribution in [3.05, 3.63) is 111 Å². The lowest BCUT2D eigenvalue weighted by molar-refractivity contribution is -0.140. The molecule has 1 fully saturated rings. The molecule has 0 spiro atoms. The van der Waals surface area contributed by atoms with Gasteiger partial charge in [-0.15, -0.1) is 0 Å². The number of carbonyl (C=O) groups is 2. The number of nitrogens with zero attached hydrogens (tertiary/aromatic N) is 2. The minimum atomic E-state index is -1.18. The number of β-amino-alcohol motifs (C(OH)–C–C–N with tert-alkyl or cyclic N) is 1. The molecule has 0 aliphatic carbocycles. The van der Waals surface area contributed by atoms with Gasteiger partial charge in [0.2, 0.25) is 0 Å². The summed E-state index contributed by atoms with van der Waals surface area (Å²) in [5.74, 6) is -1.65. The second-order valence-electron chi connectivity index (χ2n) is 12.9. The molecule has 1 aliphatic rings. The van der Waals surface area contributed by atoms with E-state index in [2.05, 4.69) is 20.5 Å². The number of carboxylic acid groups (broad SMARTS) is 1. The first-order valence-corrected chi connectivity index (χ1v) is 17.0. The van der Waals surface area contributed by atoms with Crippen LogP contribution in [-0.2, 0) is 29.2 Å². The number of carboxylic acids is 1. The van der Waals surface area contributed by atoms with Crippen molar-refractivity contribution in [2.75, 3.05) is 39.2 Å². The number of hydrogen-bond acceptors (Lipinski definition) is 9. The van der Waals surface area contributed by atoms with E-state index in [4.69, 9.17) is 9.47 Å². The number of anilines is 1. The molecule has 1 aliphatic heterocycles. The molecule has 3 aromatic carbocycles. The predicted octanol–water partition coefficient (Wildman–Crippen LogP) is 5.34. The SMILES string of the molecule is COCc1cc(C(=O)Nc2cccc(-c3cccc(/C=C(\F)c4ccc(CN[C@H](CO)C(=O)O)c(OC)c4)c3C)c2C)ncc1CN1CC[C@H](O)C1. The average molecular weight is 713 g/mol. The molecule has 0 radical (unpaired) electrons. The number of ether oxygens (including phenoxy) is 2. The van der Waals surface area contributed by atoms with Gasteiger partial charge in [-0.3, -0.25) is 24.8 Å². The maximum atomic E-state index is 15.7. The van der Waals surface area contributed by atoms with Crippen LogP contribution in [0.2, 0.25) is 0 Å². The third-order valence-electron chi connectivity index (χ3n) is 9.37. The van der Waals surface area contributed by atoms with E-state index in [0.29, 0.717) is 42.3 Å². The lowest BCUT2D eigenvalue weighted by atomic mass is 9.92. The van der Waals surface area contributed by atoms with Crippen LogP contribution < -0.4 is 15.4 Å². The van der Waals surface area contributed by atoms with Crippen molar-refractivity contribution in [1.29, 1.82) is 0 Å². The van der Waals surface area contributed by atoms with E-state index in [9.17, 15) is 24.9 Å². The van der Waals surface area contributed by atoms with Crippen molar-refractivity contribution in [2.24, 2.45) is 0 Å². The summed E-state index contributed by atoms with van der Waals surface area (Å²) in [7, 11) is 3.06. The third kappa shape index (κ3) is 9.08. The highest BCUT2D eigenvalue weighted by Gasteiger charge is 2.22. The van der Waals surface area contributed by atoms with E-state index in [1.54, 1.807) is 37.6 Å². The van der Waals surface area contributed by atoms with Crippen LogP contribution in [0.15, 0.2) is 66.9 Å². The standard InChI is InChI=1S/C40H45FN4O7/c1-24-26(15-34(41)27-11-12-28(38(17-27)52-4)18-43-37(22-46)40(49)50)7-5-8-32(24)33-9-6-10-35(25(33)2)44-39(48)36-16-29(23-51-3)30(19-42-36)20-45-14-13-31(47)21-45/h5-12,15-17,19,31,37,43,46-47H,13-14,18,20-23H2,1-4H3,(H,44,48)(H,49,50)/b34-15-/t31-,37+/m0/s1. The Morgan fingerprint density at radius 3 is 2.46 bits per heavy atom. The van der Waals surface area contributed by atoms with Gasteiger partial charge in [0.1, 0.15) is 23.3 Å². The molecule has 2 heterocycles. The number of aromatic nitrogens is 1. The molecule has 0 unspecified atom stereocenters. The van der Waals surface area contributed by atoms with Crippen LogP contribution in [0.3, 0.4) is 0 Å². The minimum Gasteiger partial charge on any atom is -0.496 e. The van der Waals surface area contributed by atoms with Gasteiger partial charge in [0, 0.05) is 56.3 Å². The average Bonchev–Trinajstić information content (AvgIpc) is 3.55. The quantitative estimate of drug-likeness (QED) is 0.102. The molecule has 5 N–H and O–H groups in total. The van der Waals surface area contributed by atoms with Gasteiger partial charge < -0.3 is 30.1 Å². The summed E-state index contributed by atoms with van der Waals surface area (Å²) in [5.41, 5.74) is 7.69. The van der Waals surface area contributed by atoms with Crippen LogP contribution >= 0.6 is 0 Å². The normalized spacial score (nSPS) is 15.4. The summed E-state index contributed by atoms with van der Waals surface area (Å²) < 4.78 is 26.6. The Balaban J connectivity index is 1.35. The molecule has 1 aromatic heterocycles. The molecule has 1 amide bonds. The Morgan fingerprint density at radius 1 is 1.04 bits per heavy atom. The molecule has 11 nitrogen and oxygen atoms in total. The smallest absolute Gasteiger partial charge is 0.323 e. The third-order valence-corrected chi connectivity index (χ3v) is 9.37. The van der Waals surface area contributed by atoms with Crippen LogP contribution in [0.5, 0.6) is 5.75 Å². The summed E-state index contributed by atoms with van der Waals surface area (Å²) in [6.07, 6.45) is 3.57. The monoisotopic (exact) mass is 712 g/mol. The number of pyridine rings is 1. The molecule has 0 saturated carbocycles. The van der Waals surface area contributed by atoms with Gasteiger partial charge in [0.25, 0.3) is 5.91 Å². The lowest BCUT2D eigenvalue weighted by Gasteiger charge is -2.18. The number of aliphatic hydroxyl groups excluding tert-OH is 2. The summed E-state index contributed by atoms with van der Waals surface area (Å²) in [6.45, 7) is 5.72. The van der Waals surface area contributed by atoms with Gasteiger partial charge in [-0.1, -0.05) is 42.5 Å². The fourth-order valence-electron chi connectivity index (χ4n) is 6.35. The molecule has 4 aromatic rings. The van der Waals surface area contributed by atoms with Crippen molar-refractivity contribution in [3.8, 4) is 16.9 Å². The van der Waals surface area contributed by atoms with E-state index in [1.807, 2.05) is 50.2 Å². The zero-order valence-corrected chi connectivity index (χ0v) is 29.8. The number of carbonyl (C=O) groups excluding carboxylic acids is 1. The predicted molar refractivity (Wildman–Crippen MR) is 197 cm³/mol. The van der Waals surface area contributed by atoms with E-state index in [1.165, 1.54) is 13.2 Å². The van der Waals surface area contributed by atoms with Crippen LogP contribution in [0, 0.1) is 13.8 Å². The van der Waals surface area contributed by atoms with E-state index >= 15 is 4.39 Å². The first kappa shape index (κ1) is 38.3. The van der Waals surface area contributed by atoms with Crippen LogP contribution in [0.1, 0.15) is 55.9 Å². The fourth-order valence-corrected chi connectivity index (χ4v) is 6.35. The molecular formula is C40H45FN4O7. The van der Waals surface area contributed by atoms with Gasteiger partial charge in [-0.05, 0) is 83.5 Å². The van der Waals surface area contributed by atoms with E-state index < -0.39 is 24.4 Å². The van der Waals surface area contributed by atoms with E-state index in [-0.39, 0.29) is 29.8 Å². The van der Waals surface area contributed by atoms with Gasteiger partial charge in [0.05, 0.1) is 26.4 Å². The summed E-state index contributed by atoms with van der Waals surface area (Å²) in [5, 5.41) is 34.2. The number of amides is 1. The first-order valence-electron chi connectivity index (χ1n) is 17.0. The van der Waals surface area contributed by atoms with Crippen LogP contribution in [0.25, 0.3) is 23.0 Å². The number of methoxy groups -OCH3 is 2. The van der Waals surface area contributed by atoms with Crippen LogP contribution in [0.4, 0.5) is 10.1 Å². The van der Waals surface area contributed by atoms with Crippen molar-refractivity contribution in [2.45, 2.75) is 52.1 Å². The second-order valence-corrected chi connectivity index (χ2v) is 12.9. The van der Waals surface area contributed by atoms with Crippen molar-refractivity contribution in [1.82, 2.24) is 15.2 Å². The van der Waals surface area contributed by atoms with Crippen molar-refractivity contribution < 1.29 is 38.8 Å². The number of halogens is 1. The minimum absolute atomic E-state index is 0.106. The number of rotatable bonds is 15. The Labute approximate surface area is 302 Å². The molecule has 52 heavy (non-hydrogen) atoms. The van der Waals surface area contributed by atoms with Gasteiger partial charge in [0.15, 0.2) is 0 Å². The Bertz CT molecular complexity index is 1950. The Morgan fingerprint density at radius 2 is 1.79 bits per heavy atom.